The lowest BCUT2D eigenvalue weighted by Gasteiger charge is -2.31. The molecule has 0 saturated carbocycles. The molecule has 2 heteroatoms. The molecular weight excluding hydrogens is 234 g/mol. The highest BCUT2D eigenvalue weighted by atomic mass is 16.1. The maximum atomic E-state index is 12.5. The lowest BCUT2D eigenvalue weighted by molar-refractivity contribution is -0.112. The van der Waals surface area contributed by atoms with E-state index in [4.69, 9.17) is 0 Å². The van der Waals surface area contributed by atoms with Crippen LogP contribution in [0.4, 0.5) is 0 Å². The maximum Gasteiger partial charge on any atom is 0.185 e. The average molecular weight is 261 g/mol. The van der Waals surface area contributed by atoms with Crippen molar-refractivity contribution in [3.05, 3.63) is 34.4 Å². The van der Waals surface area contributed by atoms with Crippen molar-refractivity contribution >= 4 is 5.78 Å². The van der Waals surface area contributed by atoms with E-state index in [9.17, 15) is 4.79 Å². The van der Waals surface area contributed by atoms with Crippen molar-refractivity contribution in [1.82, 2.24) is 4.90 Å². The van der Waals surface area contributed by atoms with Gasteiger partial charge >= 0.3 is 0 Å². The van der Waals surface area contributed by atoms with Crippen molar-refractivity contribution in [3.63, 3.8) is 0 Å². The van der Waals surface area contributed by atoms with Crippen molar-refractivity contribution in [2.24, 2.45) is 5.41 Å². The summed E-state index contributed by atoms with van der Waals surface area (Å²) >= 11 is 0. The van der Waals surface area contributed by atoms with Gasteiger partial charge in [-0.25, -0.2) is 0 Å². The summed E-state index contributed by atoms with van der Waals surface area (Å²) in [6, 6.07) is 0. The first-order valence-corrected chi connectivity index (χ1v) is 6.83. The van der Waals surface area contributed by atoms with Gasteiger partial charge in [0, 0.05) is 17.7 Å². The summed E-state index contributed by atoms with van der Waals surface area (Å²) in [6.45, 7) is 15.4. The van der Waals surface area contributed by atoms with Crippen molar-refractivity contribution in [3.8, 4) is 0 Å². The number of Topliss-reactive ketones (excluding diaryl/α,β-unsaturated/α-hetero) is 1. The van der Waals surface area contributed by atoms with E-state index in [1.165, 1.54) is 0 Å². The van der Waals surface area contributed by atoms with Crippen LogP contribution in [0.25, 0.3) is 0 Å². The Bertz CT molecular complexity index is 475. The molecule has 19 heavy (non-hydrogen) atoms. The van der Waals surface area contributed by atoms with E-state index in [1.807, 2.05) is 20.8 Å². The molecule has 1 aliphatic rings. The summed E-state index contributed by atoms with van der Waals surface area (Å²) in [7, 11) is 4.14. The Balaban J connectivity index is 3.07. The molecule has 0 saturated heterocycles. The quantitative estimate of drug-likeness (QED) is 0.768. The van der Waals surface area contributed by atoms with E-state index in [-0.39, 0.29) is 11.2 Å². The summed E-state index contributed by atoms with van der Waals surface area (Å²) in [6.07, 6.45) is 0.805. The van der Waals surface area contributed by atoms with E-state index in [0.29, 0.717) is 0 Å². The van der Waals surface area contributed by atoms with E-state index in [1.54, 1.807) is 0 Å². The summed E-state index contributed by atoms with van der Waals surface area (Å²) in [5, 5.41) is 0. The lowest BCUT2D eigenvalue weighted by atomic mass is 9.76. The second kappa shape index (κ2) is 5.46. The number of ketones is 1. The van der Waals surface area contributed by atoms with Crippen LogP contribution in [0.5, 0.6) is 0 Å². The van der Waals surface area contributed by atoms with Crippen molar-refractivity contribution in [2.45, 2.75) is 41.0 Å². The second-order valence-electron chi connectivity index (χ2n) is 6.74. The Morgan fingerprint density at radius 2 is 1.58 bits per heavy atom. The minimum Gasteiger partial charge on any atom is -0.309 e. The standard InChI is InChI=1S/C17H27NO/c1-11-12(2)14(4)16(19)15(13(11)3)9-17(5,6)10-18(7)8/h1,9-10H2,2-8H3. The third kappa shape index (κ3) is 3.44. The molecule has 0 N–H and O–H groups in total. The van der Waals surface area contributed by atoms with Gasteiger partial charge < -0.3 is 4.90 Å². The van der Waals surface area contributed by atoms with Crippen LogP contribution < -0.4 is 0 Å². The first kappa shape index (κ1) is 15.9. The van der Waals surface area contributed by atoms with Crippen LogP contribution in [0.3, 0.4) is 0 Å². The molecule has 0 unspecified atom stereocenters. The zero-order chi connectivity index (χ0) is 15.0. The molecule has 0 aromatic heterocycles. The Kier molecular flexibility index (Phi) is 4.57. The van der Waals surface area contributed by atoms with E-state index in [0.717, 1.165) is 40.8 Å². The van der Waals surface area contributed by atoms with Crippen molar-refractivity contribution < 1.29 is 4.79 Å². The molecule has 0 heterocycles. The summed E-state index contributed by atoms with van der Waals surface area (Å²) in [4.78, 5) is 14.7. The highest BCUT2D eigenvalue weighted by molar-refractivity contribution is 6.11. The predicted molar refractivity (Wildman–Crippen MR) is 82.2 cm³/mol. The zero-order valence-electron chi connectivity index (χ0n) is 13.5. The molecule has 0 fully saturated rings. The van der Waals surface area contributed by atoms with Gasteiger partial charge in [0.25, 0.3) is 0 Å². The van der Waals surface area contributed by atoms with Gasteiger partial charge in [0.05, 0.1) is 0 Å². The Hall–Kier alpha value is -1.15. The number of nitrogens with zero attached hydrogens (tertiary/aromatic N) is 1. The smallest absolute Gasteiger partial charge is 0.185 e. The number of rotatable bonds is 4. The van der Waals surface area contributed by atoms with Crippen LogP contribution in [0.2, 0.25) is 0 Å². The fourth-order valence-electron chi connectivity index (χ4n) is 2.86. The van der Waals surface area contributed by atoms with Crippen molar-refractivity contribution in [2.75, 3.05) is 20.6 Å². The molecular formula is C17H27NO. The van der Waals surface area contributed by atoms with Crippen LogP contribution in [-0.2, 0) is 4.79 Å². The van der Waals surface area contributed by atoms with Crippen LogP contribution in [-0.4, -0.2) is 31.3 Å². The third-order valence-corrected chi connectivity index (χ3v) is 3.93. The summed E-state index contributed by atoms with van der Waals surface area (Å²) in [5.41, 5.74) is 5.01. The zero-order valence-corrected chi connectivity index (χ0v) is 13.5. The predicted octanol–water partition coefficient (Wildman–Crippen LogP) is 3.76. The van der Waals surface area contributed by atoms with Gasteiger partial charge in [-0.3, -0.25) is 4.79 Å². The summed E-state index contributed by atoms with van der Waals surface area (Å²) in [5.74, 6) is 0.203. The number of carbonyl (C=O) groups is 1. The molecule has 0 atom stereocenters. The van der Waals surface area contributed by atoms with Gasteiger partial charge in [-0.2, -0.15) is 0 Å². The van der Waals surface area contributed by atoms with Gasteiger partial charge in [0.1, 0.15) is 0 Å². The first-order chi connectivity index (χ1) is 8.57. The minimum absolute atomic E-state index is 0.0849. The monoisotopic (exact) mass is 261 g/mol. The molecule has 1 aliphatic carbocycles. The van der Waals surface area contributed by atoms with E-state index >= 15 is 0 Å². The molecule has 0 aliphatic heterocycles. The number of hydrogen-bond acceptors (Lipinski definition) is 2. The molecule has 0 bridgehead atoms. The van der Waals surface area contributed by atoms with Gasteiger partial charge in [-0.05, 0) is 63.4 Å². The molecule has 0 amide bonds. The molecule has 106 valence electrons. The molecule has 0 aromatic carbocycles. The molecule has 1 rings (SSSR count). The Labute approximate surface area is 117 Å². The number of allylic oxidation sites excluding steroid dienone is 5. The van der Waals surface area contributed by atoms with Crippen molar-refractivity contribution in [1.29, 1.82) is 0 Å². The minimum atomic E-state index is 0.0849. The van der Waals surface area contributed by atoms with E-state index < -0.39 is 0 Å². The maximum absolute atomic E-state index is 12.5. The van der Waals surface area contributed by atoms with Gasteiger partial charge in [-0.15, -0.1) is 0 Å². The summed E-state index contributed by atoms with van der Waals surface area (Å²) < 4.78 is 0. The lowest BCUT2D eigenvalue weighted by Crippen LogP contribution is -2.31. The first-order valence-electron chi connectivity index (χ1n) is 6.83. The normalized spacial score (nSPS) is 17.9. The Morgan fingerprint density at radius 1 is 1.05 bits per heavy atom. The van der Waals surface area contributed by atoms with Crippen LogP contribution in [0, 0.1) is 5.41 Å². The highest BCUT2D eigenvalue weighted by Gasteiger charge is 2.29. The van der Waals surface area contributed by atoms with Gasteiger partial charge in [-0.1, -0.05) is 20.4 Å². The Morgan fingerprint density at radius 3 is 2.05 bits per heavy atom. The number of hydrogen-bond donors (Lipinski definition) is 0. The molecule has 0 spiro atoms. The SMILES string of the molecule is C=C1C(C)=C(C)C(=O)C(CC(C)(C)CN(C)C)=C1C. The molecule has 0 radical (unpaired) electrons. The van der Waals surface area contributed by atoms with E-state index in [2.05, 4.69) is 39.4 Å². The average Bonchev–Trinajstić information content (AvgIpc) is 2.28. The van der Waals surface area contributed by atoms with Crippen LogP contribution in [0.1, 0.15) is 41.0 Å². The third-order valence-electron chi connectivity index (χ3n) is 3.93. The van der Waals surface area contributed by atoms with Crippen LogP contribution in [0.15, 0.2) is 34.4 Å². The molecule has 0 aromatic rings. The van der Waals surface area contributed by atoms with Crippen LogP contribution >= 0.6 is 0 Å². The van der Waals surface area contributed by atoms with Gasteiger partial charge in [0.15, 0.2) is 5.78 Å². The fourth-order valence-corrected chi connectivity index (χ4v) is 2.86. The number of carbonyl (C=O) groups excluding carboxylic acids is 1. The molecule has 2 nitrogen and oxygen atoms in total. The highest BCUT2D eigenvalue weighted by Crippen LogP contribution is 2.36. The second-order valence-corrected chi connectivity index (χ2v) is 6.74. The fraction of sp³-hybridized carbons (Fsp3) is 0.588. The topological polar surface area (TPSA) is 20.3 Å². The largest absolute Gasteiger partial charge is 0.309 e. The van der Waals surface area contributed by atoms with Gasteiger partial charge in [0.2, 0.25) is 0 Å².